The smallest absolute Gasteiger partial charge is 0.236 e. The molecule has 4 rings (SSSR count). The second kappa shape index (κ2) is 7.03. The molecule has 138 valence electrons. The van der Waals surface area contributed by atoms with Gasteiger partial charge in [0.2, 0.25) is 5.91 Å². The highest BCUT2D eigenvalue weighted by Gasteiger charge is 2.42. The molecule has 1 fully saturated rings. The quantitative estimate of drug-likeness (QED) is 0.717. The molecule has 4 heteroatoms. The Morgan fingerprint density at radius 3 is 2.33 bits per heavy atom. The van der Waals surface area contributed by atoms with E-state index in [1.165, 1.54) is 5.56 Å². The minimum absolute atomic E-state index is 0.0689. The fraction of sp³-hybridized carbons (Fsp3) is 0.304. The van der Waals surface area contributed by atoms with Crippen LogP contribution < -0.4 is 5.32 Å². The third-order valence-electron chi connectivity index (χ3n) is 5.57. The number of nitrogens with zero attached hydrogens (tertiary/aromatic N) is 2. The zero-order chi connectivity index (χ0) is 18.9. The number of carbonyl (C=O) groups excluding carboxylic acids is 1. The van der Waals surface area contributed by atoms with Crippen LogP contribution in [0.3, 0.4) is 0 Å². The van der Waals surface area contributed by atoms with Gasteiger partial charge in [-0.25, -0.2) is 4.68 Å². The van der Waals surface area contributed by atoms with Gasteiger partial charge in [0.05, 0.1) is 16.8 Å². The van der Waals surface area contributed by atoms with Crippen molar-refractivity contribution >= 4 is 11.7 Å². The van der Waals surface area contributed by atoms with Gasteiger partial charge in [-0.05, 0) is 44.4 Å². The van der Waals surface area contributed by atoms with Crippen molar-refractivity contribution < 1.29 is 4.79 Å². The van der Waals surface area contributed by atoms with Gasteiger partial charge in [-0.15, -0.1) is 0 Å². The predicted octanol–water partition coefficient (Wildman–Crippen LogP) is 4.94. The van der Waals surface area contributed by atoms with Gasteiger partial charge in [-0.1, -0.05) is 60.9 Å². The zero-order valence-electron chi connectivity index (χ0n) is 15.9. The van der Waals surface area contributed by atoms with Crippen molar-refractivity contribution in [2.75, 3.05) is 5.32 Å². The molecule has 0 bridgehead atoms. The number of benzene rings is 2. The average Bonchev–Trinajstić information content (AvgIpc) is 3.31. The minimum Gasteiger partial charge on any atom is -0.310 e. The number of carbonyl (C=O) groups is 1. The Labute approximate surface area is 160 Å². The maximum atomic E-state index is 13.4. The van der Waals surface area contributed by atoms with E-state index in [-0.39, 0.29) is 5.91 Å². The van der Waals surface area contributed by atoms with Crippen molar-refractivity contribution in [2.24, 2.45) is 0 Å². The van der Waals surface area contributed by atoms with E-state index in [1.54, 1.807) is 0 Å². The summed E-state index contributed by atoms with van der Waals surface area (Å²) in [5.41, 5.74) is 3.69. The van der Waals surface area contributed by atoms with Crippen LogP contribution in [0.4, 0.5) is 5.82 Å². The largest absolute Gasteiger partial charge is 0.310 e. The van der Waals surface area contributed by atoms with E-state index in [0.29, 0.717) is 0 Å². The van der Waals surface area contributed by atoms with E-state index < -0.39 is 5.41 Å². The molecule has 1 heterocycles. The van der Waals surface area contributed by atoms with Gasteiger partial charge < -0.3 is 5.32 Å². The van der Waals surface area contributed by atoms with Crippen LogP contribution in [0, 0.1) is 13.8 Å². The lowest BCUT2D eigenvalue weighted by Gasteiger charge is -2.28. The molecule has 1 aliphatic rings. The van der Waals surface area contributed by atoms with Crippen molar-refractivity contribution in [3.63, 3.8) is 0 Å². The van der Waals surface area contributed by atoms with Crippen molar-refractivity contribution in [2.45, 2.75) is 44.9 Å². The van der Waals surface area contributed by atoms with Crippen molar-refractivity contribution in [1.29, 1.82) is 0 Å². The Kier molecular flexibility index (Phi) is 4.56. The maximum Gasteiger partial charge on any atom is 0.236 e. The normalized spacial score (nSPS) is 15.6. The lowest BCUT2D eigenvalue weighted by atomic mass is 9.78. The molecule has 1 N–H and O–H groups in total. The lowest BCUT2D eigenvalue weighted by Crippen LogP contribution is -2.38. The number of hydrogen-bond donors (Lipinski definition) is 1. The molecule has 1 amide bonds. The maximum absolute atomic E-state index is 13.4. The number of anilines is 1. The van der Waals surface area contributed by atoms with Gasteiger partial charge >= 0.3 is 0 Å². The number of hydrogen-bond acceptors (Lipinski definition) is 2. The third kappa shape index (κ3) is 3.27. The van der Waals surface area contributed by atoms with E-state index in [1.807, 2.05) is 48.0 Å². The van der Waals surface area contributed by atoms with E-state index in [9.17, 15) is 4.79 Å². The first-order valence-electron chi connectivity index (χ1n) is 9.59. The Hall–Kier alpha value is -2.88. The molecule has 1 saturated carbocycles. The summed E-state index contributed by atoms with van der Waals surface area (Å²) in [5.74, 6) is 0.794. The van der Waals surface area contributed by atoms with E-state index in [2.05, 4.69) is 41.6 Å². The van der Waals surface area contributed by atoms with Crippen LogP contribution in [0.25, 0.3) is 5.69 Å². The number of amides is 1. The van der Waals surface area contributed by atoms with Crippen molar-refractivity contribution in [3.05, 3.63) is 77.5 Å². The topological polar surface area (TPSA) is 46.9 Å². The number of aryl methyl sites for hydroxylation is 2. The summed E-state index contributed by atoms with van der Waals surface area (Å²) in [4.78, 5) is 13.4. The Bertz CT molecular complexity index is 936. The number of nitrogens with one attached hydrogen (secondary N) is 1. The van der Waals surface area contributed by atoms with Crippen molar-refractivity contribution in [3.8, 4) is 5.69 Å². The molecule has 4 nitrogen and oxygen atoms in total. The highest BCUT2D eigenvalue weighted by Crippen LogP contribution is 2.42. The average molecular weight is 359 g/mol. The van der Waals surface area contributed by atoms with Crippen LogP contribution in [0.2, 0.25) is 0 Å². The first-order valence-corrected chi connectivity index (χ1v) is 9.59. The zero-order valence-corrected chi connectivity index (χ0v) is 15.9. The van der Waals surface area contributed by atoms with E-state index >= 15 is 0 Å². The van der Waals surface area contributed by atoms with Gasteiger partial charge in [0.1, 0.15) is 5.82 Å². The van der Waals surface area contributed by atoms with Crippen LogP contribution in [-0.4, -0.2) is 15.7 Å². The molecule has 0 aliphatic heterocycles. The molecule has 0 saturated heterocycles. The summed E-state index contributed by atoms with van der Waals surface area (Å²) in [6.45, 7) is 4.01. The summed E-state index contributed by atoms with van der Waals surface area (Å²) in [6.07, 6.45) is 3.94. The minimum atomic E-state index is -0.447. The standard InChI is InChI=1S/C23H25N3O/c1-17-10-12-20(13-11-17)26-21(16-18(2)25-26)24-22(27)23(14-6-7-15-23)19-8-4-3-5-9-19/h3-5,8-13,16H,6-7,14-15H2,1-2H3,(H,24,27). The molecule has 1 aliphatic carbocycles. The second-order valence-corrected chi connectivity index (χ2v) is 7.53. The highest BCUT2D eigenvalue weighted by molar-refractivity contribution is 5.99. The van der Waals surface area contributed by atoms with Crippen molar-refractivity contribution in [1.82, 2.24) is 9.78 Å². The third-order valence-corrected chi connectivity index (χ3v) is 5.57. The Balaban J connectivity index is 1.68. The monoisotopic (exact) mass is 359 g/mol. The second-order valence-electron chi connectivity index (χ2n) is 7.53. The van der Waals surface area contributed by atoms with Gasteiger partial charge in [0, 0.05) is 6.07 Å². The molecular weight excluding hydrogens is 334 g/mol. The molecule has 0 atom stereocenters. The Morgan fingerprint density at radius 2 is 1.67 bits per heavy atom. The van der Waals surface area contributed by atoms with Crippen LogP contribution in [-0.2, 0) is 10.2 Å². The first-order chi connectivity index (χ1) is 13.1. The van der Waals surface area contributed by atoms with Gasteiger partial charge in [-0.3, -0.25) is 4.79 Å². The molecule has 0 unspecified atom stereocenters. The molecule has 1 aromatic heterocycles. The fourth-order valence-corrected chi connectivity index (χ4v) is 4.09. The van der Waals surface area contributed by atoms with Gasteiger partial charge in [-0.2, -0.15) is 5.10 Å². The molecule has 3 aromatic rings. The molecule has 2 aromatic carbocycles. The fourth-order valence-electron chi connectivity index (χ4n) is 4.09. The molecule has 0 spiro atoms. The molecular formula is C23H25N3O. The summed E-state index contributed by atoms with van der Waals surface area (Å²) < 4.78 is 1.82. The highest BCUT2D eigenvalue weighted by atomic mass is 16.2. The lowest BCUT2D eigenvalue weighted by molar-refractivity contribution is -0.121. The summed E-state index contributed by atoms with van der Waals surface area (Å²) in [5, 5.41) is 7.77. The van der Waals surface area contributed by atoms with Crippen LogP contribution >= 0.6 is 0 Å². The van der Waals surface area contributed by atoms with Gasteiger partial charge in [0.25, 0.3) is 0 Å². The summed E-state index contributed by atoms with van der Waals surface area (Å²) in [6, 6.07) is 20.3. The van der Waals surface area contributed by atoms with E-state index in [0.717, 1.165) is 48.4 Å². The van der Waals surface area contributed by atoms with Crippen LogP contribution in [0.5, 0.6) is 0 Å². The SMILES string of the molecule is Cc1ccc(-n2nc(C)cc2NC(=O)C2(c3ccccc3)CCCC2)cc1. The molecule has 27 heavy (non-hydrogen) atoms. The number of aromatic nitrogens is 2. The Morgan fingerprint density at radius 1 is 1.00 bits per heavy atom. The molecule has 0 radical (unpaired) electrons. The van der Waals surface area contributed by atoms with E-state index in [4.69, 9.17) is 0 Å². The number of rotatable bonds is 4. The van der Waals surface area contributed by atoms with Crippen LogP contribution in [0.1, 0.15) is 42.5 Å². The summed E-state index contributed by atoms with van der Waals surface area (Å²) >= 11 is 0. The summed E-state index contributed by atoms with van der Waals surface area (Å²) in [7, 11) is 0. The van der Waals surface area contributed by atoms with Crippen LogP contribution in [0.15, 0.2) is 60.7 Å². The predicted molar refractivity (Wildman–Crippen MR) is 108 cm³/mol. The first kappa shape index (κ1) is 17.5. The van der Waals surface area contributed by atoms with Gasteiger partial charge in [0.15, 0.2) is 0 Å².